The van der Waals surface area contributed by atoms with Crippen molar-refractivity contribution >= 4 is 22.7 Å². The quantitative estimate of drug-likeness (QED) is 0.321. The molecule has 1 aliphatic carbocycles. The molecule has 0 saturated heterocycles. The molecule has 2 unspecified atom stereocenters. The van der Waals surface area contributed by atoms with Crippen molar-refractivity contribution in [2.45, 2.75) is 18.1 Å². The second-order valence-electron chi connectivity index (χ2n) is 8.27. The maximum Gasteiger partial charge on any atom is 0.273 e. The Bertz CT molecular complexity index is 1260. The van der Waals surface area contributed by atoms with Crippen LogP contribution in [0.4, 0.5) is 16.0 Å². The summed E-state index contributed by atoms with van der Waals surface area (Å²) in [6, 6.07) is 7.58. The van der Waals surface area contributed by atoms with Gasteiger partial charge in [0.25, 0.3) is 5.69 Å². The Morgan fingerprint density at radius 1 is 1.32 bits per heavy atom. The summed E-state index contributed by atoms with van der Waals surface area (Å²) in [5, 5.41) is 17.8. The van der Waals surface area contributed by atoms with E-state index in [0.717, 1.165) is 6.54 Å². The van der Waals surface area contributed by atoms with Gasteiger partial charge >= 0.3 is 0 Å². The highest BCUT2D eigenvalue weighted by Crippen LogP contribution is 2.31. The molecule has 2 heterocycles. The number of aromatic amines is 1. The molecular formula is C23H26FN7O3. The normalized spacial score (nSPS) is 19.9. The lowest BCUT2D eigenvalue weighted by Crippen LogP contribution is -2.51. The lowest BCUT2D eigenvalue weighted by molar-refractivity contribution is -0.384. The number of benzene rings is 1. The number of nitro benzene ring substituents is 1. The van der Waals surface area contributed by atoms with E-state index in [1.165, 1.54) is 24.3 Å². The molecule has 2 atom stereocenters. The number of rotatable bonds is 9. The largest absolute Gasteiger partial charge is 0.438 e. The minimum absolute atomic E-state index is 0.0935. The minimum Gasteiger partial charge on any atom is -0.438 e. The summed E-state index contributed by atoms with van der Waals surface area (Å²) in [6.45, 7) is 0.729. The van der Waals surface area contributed by atoms with Gasteiger partial charge in [-0.3, -0.25) is 10.1 Å². The number of alkyl halides is 1. The van der Waals surface area contributed by atoms with Crippen LogP contribution >= 0.6 is 0 Å². The van der Waals surface area contributed by atoms with Gasteiger partial charge in [0, 0.05) is 18.0 Å². The number of H-pyrrole nitrogens is 1. The van der Waals surface area contributed by atoms with Crippen LogP contribution in [-0.4, -0.2) is 64.2 Å². The van der Waals surface area contributed by atoms with Crippen LogP contribution in [0.1, 0.15) is 6.42 Å². The van der Waals surface area contributed by atoms with Crippen LogP contribution in [-0.2, 0) is 0 Å². The first-order valence-corrected chi connectivity index (χ1v) is 10.7. The number of non-ortho nitro benzene ring substituents is 1. The van der Waals surface area contributed by atoms with Crippen LogP contribution in [0, 0.1) is 10.1 Å². The Labute approximate surface area is 195 Å². The number of nitro groups is 1. The van der Waals surface area contributed by atoms with Gasteiger partial charge in [-0.05, 0) is 58.4 Å². The second-order valence-corrected chi connectivity index (χ2v) is 8.27. The van der Waals surface area contributed by atoms with Crippen LogP contribution in [0.2, 0.25) is 0 Å². The lowest BCUT2D eigenvalue weighted by atomic mass is 9.85. The van der Waals surface area contributed by atoms with Crippen molar-refractivity contribution in [2.75, 3.05) is 33.0 Å². The number of nitrogens with one attached hydrogen (secondary N) is 3. The van der Waals surface area contributed by atoms with E-state index in [1.54, 1.807) is 31.5 Å². The molecule has 0 fully saturated rings. The van der Waals surface area contributed by atoms with Gasteiger partial charge in [0.2, 0.25) is 11.8 Å². The van der Waals surface area contributed by atoms with Crippen molar-refractivity contribution in [2.24, 2.45) is 0 Å². The summed E-state index contributed by atoms with van der Waals surface area (Å²) in [5.74, 6) is 0.673. The maximum absolute atomic E-state index is 15.2. The van der Waals surface area contributed by atoms with E-state index >= 15 is 4.39 Å². The van der Waals surface area contributed by atoms with E-state index in [2.05, 4.69) is 25.6 Å². The first kappa shape index (κ1) is 23.3. The van der Waals surface area contributed by atoms with Crippen LogP contribution < -0.4 is 15.4 Å². The molecule has 0 bridgehead atoms. The Morgan fingerprint density at radius 2 is 2.15 bits per heavy atom. The summed E-state index contributed by atoms with van der Waals surface area (Å²) in [4.78, 5) is 24.5. The summed E-state index contributed by atoms with van der Waals surface area (Å²) < 4.78 is 21.1. The van der Waals surface area contributed by atoms with Gasteiger partial charge in [0.05, 0.1) is 21.9 Å². The molecule has 0 radical (unpaired) electrons. The topological polar surface area (TPSA) is 121 Å². The number of hydrogen-bond acceptors (Lipinski definition) is 8. The average molecular weight is 468 g/mol. The van der Waals surface area contributed by atoms with E-state index in [1.807, 2.05) is 25.1 Å². The van der Waals surface area contributed by atoms with Gasteiger partial charge in [-0.25, -0.2) is 4.39 Å². The fourth-order valence-corrected chi connectivity index (χ4v) is 3.70. The van der Waals surface area contributed by atoms with Crippen molar-refractivity contribution < 1.29 is 14.1 Å². The third-order valence-corrected chi connectivity index (χ3v) is 5.70. The highest BCUT2D eigenvalue weighted by atomic mass is 19.1. The third kappa shape index (κ3) is 4.90. The number of ether oxygens (including phenoxy) is 1. The van der Waals surface area contributed by atoms with Crippen LogP contribution in [0.15, 0.2) is 60.5 Å². The average Bonchev–Trinajstić information content (AvgIpc) is 3.28. The van der Waals surface area contributed by atoms with E-state index in [0.29, 0.717) is 23.2 Å². The van der Waals surface area contributed by atoms with Gasteiger partial charge < -0.3 is 25.3 Å². The number of hydrogen-bond donors (Lipinski definition) is 3. The number of anilines is 1. The highest BCUT2D eigenvalue weighted by molar-refractivity contribution is 5.82. The van der Waals surface area contributed by atoms with Gasteiger partial charge in [0.1, 0.15) is 17.6 Å². The van der Waals surface area contributed by atoms with E-state index in [-0.39, 0.29) is 23.3 Å². The molecule has 4 rings (SSSR count). The fourth-order valence-electron chi connectivity index (χ4n) is 3.70. The molecule has 0 saturated carbocycles. The van der Waals surface area contributed by atoms with Crippen molar-refractivity contribution in [3.63, 3.8) is 0 Å². The van der Waals surface area contributed by atoms with Crippen LogP contribution in [0.25, 0.3) is 11.0 Å². The molecule has 2 aromatic heterocycles. The summed E-state index contributed by atoms with van der Waals surface area (Å²) in [7, 11) is 5.65. The molecule has 10 nitrogen and oxygen atoms in total. The summed E-state index contributed by atoms with van der Waals surface area (Å²) >= 11 is 0. The van der Waals surface area contributed by atoms with Gasteiger partial charge in [-0.1, -0.05) is 12.1 Å². The molecule has 1 aromatic carbocycles. The molecule has 0 spiro atoms. The Hall–Kier alpha value is -3.83. The molecule has 0 aliphatic heterocycles. The van der Waals surface area contributed by atoms with Crippen LogP contribution in [0.5, 0.6) is 11.6 Å². The molecule has 3 aromatic rings. The molecule has 0 amide bonds. The number of likely N-dealkylation sites (N-methyl/N-ethyl adjacent to an activating group) is 1. The molecule has 3 N–H and O–H groups in total. The maximum atomic E-state index is 15.2. The molecular weight excluding hydrogens is 441 g/mol. The number of halogens is 1. The molecule has 178 valence electrons. The summed E-state index contributed by atoms with van der Waals surface area (Å²) in [6.07, 6.45) is 6.13. The molecule has 1 aliphatic rings. The minimum atomic E-state index is -1.26. The SMILES string of the molecule is CNC1(CCN(C)C)C=CC(Nc2nc(Oc3cccc([N+](=O)[O-])c3)c3cc[nH]c3n2)=CC1F. The first-order valence-electron chi connectivity index (χ1n) is 10.7. The number of allylic oxidation sites excluding steroid dienone is 1. The Kier molecular flexibility index (Phi) is 6.57. The zero-order valence-electron chi connectivity index (χ0n) is 19.1. The standard InChI is InChI=1S/C23H26FN7O3/c1-25-23(10-12-30(2)3)9-7-15(13-19(23)24)27-22-28-20-18(8-11-26-20)21(29-22)34-17-6-4-5-16(14-17)31(32)33/h4-9,11,13-14,19,25H,10,12H2,1-3H3,(H2,26,27,28,29). The smallest absolute Gasteiger partial charge is 0.273 e. The van der Waals surface area contributed by atoms with Gasteiger partial charge in [0.15, 0.2) is 0 Å². The van der Waals surface area contributed by atoms with Gasteiger partial charge in [-0.2, -0.15) is 9.97 Å². The van der Waals surface area contributed by atoms with Crippen molar-refractivity contribution in [1.82, 2.24) is 25.2 Å². The number of aromatic nitrogens is 3. The van der Waals surface area contributed by atoms with Crippen molar-refractivity contribution in [1.29, 1.82) is 0 Å². The zero-order valence-corrected chi connectivity index (χ0v) is 19.1. The lowest BCUT2D eigenvalue weighted by Gasteiger charge is -2.36. The van der Waals surface area contributed by atoms with E-state index in [9.17, 15) is 10.1 Å². The molecule has 34 heavy (non-hydrogen) atoms. The Balaban J connectivity index is 1.58. The predicted molar refractivity (Wildman–Crippen MR) is 128 cm³/mol. The fraction of sp³-hybridized carbons (Fsp3) is 0.304. The zero-order chi connectivity index (χ0) is 24.3. The van der Waals surface area contributed by atoms with Crippen LogP contribution in [0.3, 0.4) is 0 Å². The Morgan fingerprint density at radius 3 is 2.85 bits per heavy atom. The van der Waals surface area contributed by atoms with Crippen molar-refractivity contribution in [3.05, 3.63) is 70.6 Å². The second kappa shape index (κ2) is 9.57. The van der Waals surface area contributed by atoms with Crippen molar-refractivity contribution in [3.8, 4) is 11.6 Å². The molecule has 11 heteroatoms. The highest BCUT2D eigenvalue weighted by Gasteiger charge is 2.36. The van der Waals surface area contributed by atoms with E-state index < -0.39 is 16.6 Å². The third-order valence-electron chi connectivity index (χ3n) is 5.70. The van der Waals surface area contributed by atoms with E-state index in [4.69, 9.17) is 4.74 Å². The monoisotopic (exact) mass is 467 g/mol. The summed E-state index contributed by atoms with van der Waals surface area (Å²) in [5.41, 5.74) is 0.126. The predicted octanol–water partition coefficient (Wildman–Crippen LogP) is 3.77. The number of fused-ring (bicyclic) bond motifs is 1. The van der Waals surface area contributed by atoms with Gasteiger partial charge in [-0.15, -0.1) is 0 Å². The number of nitrogens with zero attached hydrogens (tertiary/aromatic N) is 4. The first-order chi connectivity index (χ1) is 16.3.